The van der Waals surface area contributed by atoms with Crippen LogP contribution in [-0.2, 0) is 24.3 Å². The van der Waals surface area contributed by atoms with Gasteiger partial charge < -0.3 is 15.2 Å². The molecule has 1 amide bonds. The Labute approximate surface area is 181 Å². The average molecular weight is 448 g/mol. The molecule has 1 atom stereocenters. The number of carboxylic acid groups (broad SMARTS) is 1. The summed E-state index contributed by atoms with van der Waals surface area (Å²) < 4.78 is 32.8. The first-order valence-corrected chi connectivity index (χ1v) is 11.3. The number of carbonyl (C=O) groups excluding carboxylic acids is 1. The summed E-state index contributed by atoms with van der Waals surface area (Å²) in [6.07, 6.45) is -0.218. The van der Waals surface area contributed by atoms with Crippen LogP contribution in [0.25, 0.3) is 0 Å². The van der Waals surface area contributed by atoms with Crippen molar-refractivity contribution < 1.29 is 27.9 Å². The summed E-state index contributed by atoms with van der Waals surface area (Å²) in [5.74, 6) is -1.53. The second kappa shape index (κ2) is 9.90. The van der Waals surface area contributed by atoms with Crippen molar-refractivity contribution in [3.63, 3.8) is 0 Å². The highest BCUT2D eigenvalue weighted by Gasteiger charge is 2.29. The van der Waals surface area contributed by atoms with Crippen LogP contribution in [0.4, 0.5) is 11.4 Å². The maximum absolute atomic E-state index is 12.5. The zero-order chi connectivity index (χ0) is 22.4. The molecular formula is C21H25N3O6S. The van der Waals surface area contributed by atoms with E-state index in [0.717, 1.165) is 5.56 Å². The van der Waals surface area contributed by atoms with E-state index in [4.69, 9.17) is 4.74 Å². The Kier molecular flexibility index (Phi) is 7.26. The number of hydrogen-bond donors (Lipinski definition) is 3. The Balaban J connectivity index is 1.62. The molecule has 3 N–H and O–H groups in total. The van der Waals surface area contributed by atoms with E-state index in [1.807, 2.05) is 6.92 Å². The van der Waals surface area contributed by atoms with Crippen molar-refractivity contribution in [3.05, 3.63) is 54.1 Å². The Morgan fingerprint density at radius 2 is 1.61 bits per heavy atom. The number of carbonyl (C=O) groups is 2. The number of carboxylic acids is 1. The molecule has 9 nitrogen and oxygen atoms in total. The Morgan fingerprint density at radius 1 is 1.03 bits per heavy atom. The van der Waals surface area contributed by atoms with Crippen molar-refractivity contribution in [1.82, 2.24) is 4.90 Å². The number of rotatable bonds is 8. The summed E-state index contributed by atoms with van der Waals surface area (Å²) in [7, 11) is -3.78. The van der Waals surface area contributed by atoms with Crippen LogP contribution in [0.15, 0.2) is 53.4 Å². The highest BCUT2D eigenvalue weighted by molar-refractivity contribution is 7.92. The van der Waals surface area contributed by atoms with Crippen molar-refractivity contribution in [2.24, 2.45) is 0 Å². The molecule has 0 radical (unpaired) electrons. The number of nitrogens with one attached hydrogen (secondary N) is 2. The Bertz CT molecular complexity index is 1020. The van der Waals surface area contributed by atoms with Gasteiger partial charge >= 0.3 is 5.97 Å². The van der Waals surface area contributed by atoms with Crippen molar-refractivity contribution in [2.45, 2.75) is 24.3 Å². The fourth-order valence-corrected chi connectivity index (χ4v) is 4.26. The molecule has 1 saturated heterocycles. The van der Waals surface area contributed by atoms with E-state index >= 15 is 0 Å². The minimum Gasteiger partial charge on any atom is -0.480 e. The number of morpholine rings is 1. The number of nitrogens with zero attached hydrogens (tertiary/aromatic N) is 1. The van der Waals surface area contributed by atoms with Crippen molar-refractivity contribution in [3.8, 4) is 0 Å². The van der Waals surface area contributed by atoms with Crippen LogP contribution < -0.4 is 10.0 Å². The fourth-order valence-electron chi connectivity index (χ4n) is 3.20. The summed E-state index contributed by atoms with van der Waals surface area (Å²) in [6.45, 7) is 3.66. The number of anilines is 2. The van der Waals surface area contributed by atoms with Gasteiger partial charge in [-0.15, -0.1) is 0 Å². The average Bonchev–Trinajstić information content (AvgIpc) is 2.74. The monoisotopic (exact) mass is 447 g/mol. The van der Waals surface area contributed by atoms with Crippen LogP contribution in [0.5, 0.6) is 0 Å². The van der Waals surface area contributed by atoms with Crippen LogP contribution >= 0.6 is 0 Å². The SMILES string of the molecule is Cc1ccc(NS(=O)(=O)c2ccc(NC(=O)CC(C(=O)O)N3CCOCC3)cc2)cc1. The van der Waals surface area contributed by atoms with E-state index in [1.165, 1.54) is 24.3 Å². The largest absolute Gasteiger partial charge is 0.480 e. The molecule has 0 aromatic heterocycles. The van der Waals surface area contributed by atoms with Gasteiger partial charge in [0.2, 0.25) is 5.91 Å². The summed E-state index contributed by atoms with van der Waals surface area (Å²) in [6, 6.07) is 11.7. The molecule has 10 heteroatoms. The first-order chi connectivity index (χ1) is 14.7. The van der Waals surface area contributed by atoms with Crippen molar-refractivity contribution in [1.29, 1.82) is 0 Å². The minimum atomic E-state index is -3.78. The maximum Gasteiger partial charge on any atom is 0.321 e. The number of ether oxygens (including phenoxy) is 1. The standard InChI is InChI=1S/C21H25N3O6S/c1-15-2-4-17(5-3-15)23-31(28,29)18-8-6-16(7-9-18)22-20(25)14-19(21(26)27)24-10-12-30-13-11-24/h2-9,19,23H,10-14H2,1H3,(H,22,25)(H,26,27). The second-order valence-corrected chi connectivity index (χ2v) is 8.93. The highest BCUT2D eigenvalue weighted by atomic mass is 32.2. The summed E-state index contributed by atoms with van der Waals surface area (Å²) in [5, 5.41) is 12.1. The lowest BCUT2D eigenvalue weighted by atomic mass is 10.1. The quantitative estimate of drug-likeness (QED) is 0.564. The third-order valence-corrected chi connectivity index (χ3v) is 6.30. The molecule has 31 heavy (non-hydrogen) atoms. The maximum atomic E-state index is 12.5. The van der Waals surface area contributed by atoms with Crippen LogP contribution in [0.1, 0.15) is 12.0 Å². The fraction of sp³-hybridized carbons (Fsp3) is 0.333. The molecule has 2 aromatic carbocycles. The molecule has 3 rings (SSSR count). The van der Waals surface area contributed by atoms with Crippen molar-refractivity contribution in [2.75, 3.05) is 36.3 Å². The van der Waals surface area contributed by atoms with E-state index in [-0.39, 0.29) is 11.3 Å². The van der Waals surface area contributed by atoms with Crippen LogP contribution in [0.2, 0.25) is 0 Å². The van der Waals surface area contributed by atoms with Gasteiger partial charge in [0.1, 0.15) is 6.04 Å². The summed E-state index contributed by atoms with van der Waals surface area (Å²) in [4.78, 5) is 25.7. The normalized spacial score (nSPS) is 15.8. The third-order valence-electron chi connectivity index (χ3n) is 4.90. The third kappa shape index (κ3) is 6.27. The van der Waals surface area contributed by atoms with Crippen molar-refractivity contribution >= 4 is 33.3 Å². The summed E-state index contributed by atoms with van der Waals surface area (Å²) >= 11 is 0. The Morgan fingerprint density at radius 3 is 2.19 bits per heavy atom. The molecule has 1 aliphatic heterocycles. The van der Waals surface area contributed by atoms with Gasteiger partial charge in [-0.05, 0) is 43.3 Å². The van der Waals surface area contributed by atoms with Gasteiger partial charge in [0.25, 0.3) is 10.0 Å². The lowest BCUT2D eigenvalue weighted by Gasteiger charge is -2.31. The zero-order valence-corrected chi connectivity index (χ0v) is 17.9. The predicted octanol–water partition coefficient (Wildman–Crippen LogP) is 1.91. The van der Waals surface area contributed by atoms with Gasteiger partial charge in [0, 0.05) is 24.5 Å². The van der Waals surface area contributed by atoms with E-state index in [2.05, 4.69) is 10.0 Å². The van der Waals surface area contributed by atoms with Crippen LogP contribution in [0.3, 0.4) is 0 Å². The molecule has 0 aliphatic carbocycles. The topological polar surface area (TPSA) is 125 Å². The molecule has 1 aliphatic rings. The first-order valence-electron chi connectivity index (χ1n) is 9.78. The number of hydrogen-bond acceptors (Lipinski definition) is 6. The summed E-state index contributed by atoms with van der Waals surface area (Å²) in [5.41, 5.74) is 1.85. The van der Waals surface area contributed by atoms with E-state index in [9.17, 15) is 23.1 Å². The smallest absolute Gasteiger partial charge is 0.321 e. The molecule has 1 heterocycles. The van der Waals surface area contributed by atoms with Gasteiger partial charge in [0.15, 0.2) is 0 Å². The van der Waals surface area contributed by atoms with Crippen LogP contribution in [-0.4, -0.2) is 62.6 Å². The minimum absolute atomic E-state index is 0.0443. The van der Waals surface area contributed by atoms with Gasteiger partial charge in [0.05, 0.1) is 24.5 Å². The zero-order valence-electron chi connectivity index (χ0n) is 17.1. The molecule has 1 fully saturated rings. The predicted molar refractivity (Wildman–Crippen MR) is 115 cm³/mol. The van der Waals surface area contributed by atoms with Gasteiger partial charge in [-0.25, -0.2) is 8.42 Å². The molecular weight excluding hydrogens is 422 g/mol. The van der Waals surface area contributed by atoms with Gasteiger partial charge in [-0.2, -0.15) is 0 Å². The van der Waals surface area contributed by atoms with E-state index in [1.54, 1.807) is 29.2 Å². The first kappa shape index (κ1) is 22.7. The molecule has 1 unspecified atom stereocenters. The number of sulfonamides is 1. The molecule has 0 bridgehead atoms. The van der Waals surface area contributed by atoms with E-state index < -0.39 is 27.9 Å². The van der Waals surface area contributed by atoms with E-state index in [0.29, 0.717) is 37.7 Å². The number of amides is 1. The lowest BCUT2D eigenvalue weighted by molar-refractivity contribution is -0.147. The number of benzene rings is 2. The molecule has 2 aromatic rings. The van der Waals surface area contributed by atoms with Gasteiger partial charge in [-0.1, -0.05) is 17.7 Å². The number of aliphatic carboxylic acids is 1. The van der Waals surface area contributed by atoms with Crippen LogP contribution in [0, 0.1) is 6.92 Å². The lowest BCUT2D eigenvalue weighted by Crippen LogP contribution is -2.48. The van der Waals surface area contributed by atoms with Gasteiger partial charge in [-0.3, -0.25) is 19.2 Å². The Hall–Kier alpha value is -2.95. The second-order valence-electron chi connectivity index (χ2n) is 7.25. The molecule has 0 saturated carbocycles. The molecule has 0 spiro atoms. The number of aryl methyl sites for hydroxylation is 1. The highest BCUT2D eigenvalue weighted by Crippen LogP contribution is 2.19. The molecule has 166 valence electrons.